The van der Waals surface area contributed by atoms with Crippen LogP contribution in [0.25, 0.3) is 0 Å². The number of rotatable bonds is 11. The molecule has 3 aliphatic heterocycles. The Morgan fingerprint density at radius 3 is 2.49 bits per heavy atom. The molecular formula is C32H42FN5O7. The number of carbonyl (C=O) groups excluding carboxylic acids is 5. The van der Waals surface area contributed by atoms with Gasteiger partial charge in [0.05, 0.1) is 5.69 Å². The van der Waals surface area contributed by atoms with Crippen LogP contribution in [0, 0.1) is 34.9 Å². The molecule has 3 unspecified atom stereocenters. The number of halogens is 1. The maximum atomic E-state index is 14.1. The monoisotopic (exact) mass is 627 g/mol. The quantitative estimate of drug-likeness (QED) is 0.288. The highest BCUT2D eigenvalue weighted by molar-refractivity contribution is 5.99. The number of nitrogens with one attached hydrogen (secondary N) is 3. The van der Waals surface area contributed by atoms with E-state index in [0.717, 1.165) is 31.7 Å². The van der Waals surface area contributed by atoms with Crippen LogP contribution in [0.4, 0.5) is 10.1 Å². The number of carbonyl (C=O) groups is 5. The third kappa shape index (κ3) is 6.63. The summed E-state index contributed by atoms with van der Waals surface area (Å²) in [6.07, 6.45) is 2.95. The van der Waals surface area contributed by atoms with Gasteiger partial charge < -0.3 is 36.1 Å². The summed E-state index contributed by atoms with van der Waals surface area (Å²) in [7, 11) is 0. The Balaban J connectivity index is 1.15. The number of likely N-dealkylation sites (tertiary alicyclic amines) is 1. The highest BCUT2D eigenvalue weighted by Crippen LogP contribution is 2.65. The molecule has 2 saturated carbocycles. The summed E-state index contributed by atoms with van der Waals surface area (Å²) >= 11 is 0. The topological polar surface area (TPSA) is 169 Å². The lowest BCUT2D eigenvalue weighted by molar-refractivity contribution is -0.144. The van der Waals surface area contributed by atoms with Gasteiger partial charge in [0.25, 0.3) is 5.91 Å². The summed E-state index contributed by atoms with van der Waals surface area (Å²) in [4.78, 5) is 67.8. The predicted molar refractivity (Wildman–Crippen MR) is 159 cm³/mol. The lowest BCUT2D eigenvalue weighted by atomic mass is 9.95. The Labute approximate surface area is 261 Å². The van der Waals surface area contributed by atoms with Crippen molar-refractivity contribution in [2.24, 2.45) is 34.8 Å². The van der Waals surface area contributed by atoms with E-state index >= 15 is 0 Å². The minimum Gasteiger partial charge on any atom is -0.478 e. The van der Waals surface area contributed by atoms with Crippen molar-refractivity contribution < 1.29 is 37.8 Å². The van der Waals surface area contributed by atoms with Crippen LogP contribution in [0.2, 0.25) is 0 Å². The van der Waals surface area contributed by atoms with Crippen molar-refractivity contribution in [3.8, 4) is 5.75 Å². The standard InChI is InChI=1S/C32H42FN5O7/c1-32(2)19-15-38(31(43)22(11-16-3-4-16)35-25(39)12-17-7-9-44-10-8-17)27(26(19)32)30(42)37-21(28(34)40)14-24-29(41)36-20-6-5-18(33)13-23(20)45-24/h5-6,13,16-17,19,21-22,24,26-27H,3-4,7-12,14-15H2,1-2H3,(H2,34,40)(H,35,39)(H,36,41)(H,37,42)/t19-,21?,22?,24?,26-,27-/m0/s1. The zero-order valence-corrected chi connectivity index (χ0v) is 25.7. The second kappa shape index (κ2) is 12.2. The predicted octanol–water partition coefficient (Wildman–Crippen LogP) is 1.47. The maximum Gasteiger partial charge on any atom is 0.265 e. The average Bonchev–Trinajstić information content (AvgIpc) is 3.84. The average molecular weight is 628 g/mol. The summed E-state index contributed by atoms with van der Waals surface area (Å²) in [5, 5.41) is 8.30. The molecule has 1 aromatic carbocycles. The Bertz CT molecular complexity index is 1380. The summed E-state index contributed by atoms with van der Waals surface area (Å²) in [5.74, 6) is -2.41. The number of nitrogens with two attached hydrogens (primary N) is 1. The van der Waals surface area contributed by atoms with Crippen molar-refractivity contribution in [1.82, 2.24) is 15.5 Å². The molecule has 2 aliphatic carbocycles. The number of hydrogen-bond donors (Lipinski definition) is 4. The van der Waals surface area contributed by atoms with Crippen LogP contribution in [0.15, 0.2) is 18.2 Å². The molecule has 6 atom stereocenters. The fourth-order valence-electron chi connectivity index (χ4n) is 7.38. The van der Waals surface area contributed by atoms with E-state index in [0.29, 0.717) is 44.2 Å². The van der Waals surface area contributed by atoms with E-state index in [9.17, 15) is 28.4 Å². The van der Waals surface area contributed by atoms with Crippen LogP contribution in [0.3, 0.4) is 0 Å². The number of primary amides is 1. The van der Waals surface area contributed by atoms with Gasteiger partial charge in [0.1, 0.15) is 29.7 Å². The normalized spacial score (nSPS) is 28.1. The van der Waals surface area contributed by atoms with Gasteiger partial charge in [-0.05, 0) is 60.5 Å². The molecule has 5 amide bonds. The number of hydrogen-bond acceptors (Lipinski definition) is 7. The highest BCUT2D eigenvalue weighted by atomic mass is 19.1. The first-order valence-corrected chi connectivity index (χ1v) is 16.0. The third-order valence-electron chi connectivity index (χ3n) is 10.3. The number of ether oxygens (including phenoxy) is 2. The smallest absolute Gasteiger partial charge is 0.265 e. The Kier molecular flexibility index (Phi) is 8.49. The van der Waals surface area contributed by atoms with Gasteiger partial charge in [-0.15, -0.1) is 0 Å². The van der Waals surface area contributed by atoms with Gasteiger partial charge in [-0.3, -0.25) is 24.0 Å². The van der Waals surface area contributed by atoms with Crippen molar-refractivity contribution in [2.75, 3.05) is 25.1 Å². The van der Waals surface area contributed by atoms with Crippen molar-refractivity contribution in [2.45, 2.75) is 83.0 Å². The molecule has 0 aromatic heterocycles. The first-order chi connectivity index (χ1) is 21.4. The number of anilines is 1. The van der Waals surface area contributed by atoms with E-state index in [1.54, 1.807) is 4.90 Å². The molecule has 5 N–H and O–H groups in total. The fraction of sp³-hybridized carbons (Fsp3) is 0.656. The van der Waals surface area contributed by atoms with Crippen LogP contribution < -0.4 is 26.4 Å². The van der Waals surface area contributed by atoms with Crippen molar-refractivity contribution >= 4 is 35.2 Å². The molecule has 12 nitrogen and oxygen atoms in total. The first-order valence-electron chi connectivity index (χ1n) is 16.0. The zero-order chi connectivity index (χ0) is 32.0. The van der Waals surface area contributed by atoms with Crippen LogP contribution in [0.1, 0.15) is 58.8 Å². The van der Waals surface area contributed by atoms with Gasteiger partial charge in [0, 0.05) is 38.7 Å². The van der Waals surface area contributed by atoms with E-state index in [-0.39, 0.29) is 47.2 Å². The van der Waals surface area contributed by atoms with Gasteiger partial charge in [0.2, 0.25) is 23.6 Å². The van der Waals surface area contributed by atoms with Crippen molar-refractivity contribution in [3.63, 3.8) is 0 Å². The van der Waals surface area contributed by atoms with E-state index in [1.165, 1.54) is 12.1 Å². The van der Waals surface area contributed by atoms with Gasteiger partial charge in [-0.25, -0.2) is 4.39 Å². The van der Waals surface area contributed by atoms with Gasteiger partial charge in [-0.1, -0.05) is 26.7 Å². The minimum absolute atomic E-state index is 0.0857. The van der Waals surface area contributed by atoms with Gasteiger partial charge >= 0.3 is 0 Å². The van der Waals surface area contributed by atoms with Crippen LogP contribution >= 0.6 is 0 Å². The summed E-state index contributed by atoms with van der Waals surface area (Å²) in [6.45, 7) is 5.71. The van der Waals surface area contributed by atoms with Crippen molar-refractivity contribution in [1.29, 1.82) is 0 Å². The highest BCUT2D eigenvalue weighted by Gasteiger charge is 2.69. The lowest BCUT2D eigenvalue weighted by Gasteiger charge is -2.34. The number of fused-ring (bicyclic) bond motifs is 2. The molecule has 0 spiro atoms. The summed E-state index contributed by atoms with van der Waals surface area (Å²) < 4.78 is 24.9. The van der Waals surface area contributed by atoms with Crippen LogP contribution in [0.5, 0.6) is 5.75 Å². The third-order valence-corrected chi connectivity index (χ3v) is 10.3. The molecule has 45 heavy (non-hydrogen) atoms. The molecule has 13 heteroatoms. The first kappa shape index (κ1) is 31.3. The second-order valence-corrected chi connectivity index (χ2v) is 13.9. The van der Waals surface area contributed by atoms with Crippen LogP contribution in [-0.2, 0) is 28.7 Å². The second-order valence-electron chi connectivity index (χ2n) is 13.9. The van der Waals surface area contributed by atoms with E-state index < -0.39 is 47.8 Å². The number of nitrogens with zero attached hydrogens (tertiary/aromatic N) is 1. The maximum absolute atomic E-state index is 14.1. The Hall–Kier alpha value is -3.74. The van der Waals surface area contributed by atoms with Crippen LogP contribution in [-0.4, -0.2) is 78.4 Å². The Morgan fingerprint density at radius 2 is 1.80 bits per heavy atom. The molecule has 4 fully saturated rings. The SMILES string of the molecule is CC1(C)[C@@H]2[C@@H](C(=O)NC(CC3Oc4cc(F)ccc4NC3=O)C(N)=O)N(C(=O)C(CC3CC3)NC(=O)CC3CCOCC3)C[C@@H]21. The van der Waals surface area contributed by atoms with E-state index in [4.69, 9.17) is 15.2 Å². The largest absolute Gasteiger partial charge is 0.478 e. The molecular weight excluding hydrogens is 585 g/mol. The van der Waals surface area contributed by atoms with E-state index in [2.05, 4.69) is 16.0 Å². The molecule has 0 bridgehead atoms. The molecule has 3 heterocycles. The number of piperidine rings is 1. The lowest BCUT2D eigenvalue weighted by Crippen LogP contribution is -2.59. The Morgan fingerprint density at radius 1 is 1.07 bits per heavy atom. The number of benzene rings is 1. The number of amides is 5. The molecule has 244 valence electrons. The molecule has 0 radical (unpaired) electrons. The fourth-order valence-corrected chi connectivity index (χ4v) is 7.38. The summed E-state index contributed by atoms with van der Waals surface area (Å²) in [5.41, 5.74) is 5.76. The zero-order valence-electron chi connectivity index (χ0n) is 25.7. The molecule has 5 aliphatic rings. The molecule has 1 aromatic rings. The van der Waals surface area contributed by atoms with Crippen molar-refractivity contribution in [3.05, 3.63) is 24.0 Å². The summed E-state index contributed by atoms with van der Waals surface area (Å²) in [6, 6.07) is 0.774. The molecule has 6 rings (SSSR count). The minimum atomic E-state index is -1.29. The van der Waals surface area contributed by atoms with Gasteiger partial charge in [-0.2, -0.15) is 0 Å². The van der Waals surface area contributed by atoms with Gasteiger partial charge in [0.15, 0.2) is 6.10 Å². The molecule has 2 saturated heterocycles. The van der Waals surface area contributed by atoms with E-state index in [1.807, 2.05) is 13.8 Å².